The molecule has 0 aromatic carbocycles. The maximum atomic E-state index is 11.7. The maximum absolute atomic E-state index is 11.7. The second-order valence-electron chi connectivity index (χ2n) is 6.09. The predicted octanol–water partition coefficient (Wildman–Crippen LogP) is 4.21. The lowest BCUT2D eigenvalue weighted by atomic mass is 9.76. The van der Waals surface area contributed by atoms with E-state index in [9.17, 15) is 4.79 Å². The smallest absolute Gasteiger partial charge is 0.135 e. The third kappa shape index (κ3) is 3.62. The summed E-state index contributed by atoms with van der Waals surface area (Å²) in [5.74, 6) is 1.68. The van der Waals surface area contributed by atoms with E-state index in [4.69, 9.17) is 0 Å². The molecule has 0 saturated heterocycles. The number of Topliss-reactive ketones (excluding diaryl/α,β-unsaturated/α-hetero) is 1. The third-order valence-electron chi connectivity index (χ3n) is 4.00. The van der Waals surface area contributed by atoms with Gasteiger partial charge in [0.15, 0.2) is 0 Å². The quantitative estimate of drug-likeness (QED) is 0.624. The highest BCUT2D eigenvalue weighted by Gasteiger charge is 2.29. The van der Waals surface area contributed by atoms with Crippen molar-refractivity contribution in [2.24, 2.45) is 17.3 Å². The van der Waals surface area contributed by atoms with E-state index in [1.165, 1.54) is 19.3 Å². The van der Waals surface area contributed by atoms with Crippen molar-refractivity contribution in [3.05, 3.63) is 0 Å². The van der Waals surface area contributed by atoms with Crippen molar-refractivity contribution in [3.63, 3.8) is 0 Å². The van der Waals surface area contributed by atoms with Gasteiger partial charge in [-0.15, -0.1) is 0 Å². The van der Waals surface area contributed by atoms with Crippen LogP contribution in [0.25, 0.3) is 0 Å². The highest BCUT2D eigenvalue weighted by Crippen LogP contribution is 2.38. The fraction of sp³-hybridized carbons (Fsp3) is 0.929. The van der Waals surface area contributed by atoms with E-state index in [-0.39, 0.29) is 0 Å². The van der Waals surface area contributed by atoms with Crippen molar-refractivity contribution in [2.45, 2.75) is 66.2 Å². The number of carbonyl (C=O) groups excluding carboxylic acids is 1. The average molecular weight is 210 g/mol. The molecule has 1 aliphatic rings. The van der Waals surface area contributed by atoms with E-state index in [1.807, 2.05) is 6.92 Å². The fourth-order valence-electron chi connectivity index (χ4n) is 2.78. The van der Waals surface area contributed by atoms with E-state index in [1.54, 1.807) is 0 Å². The van der Waals surface area contributed by atoms with Crippen LogP contribution in [0.1, 0.15) is 66.2 Å². The fourth-order valence-corrected chi connectivity index (χ4v) is 2.78. The van der Waals surface area contributed by atoms with Crippen molar-refractivity contribution in [3.8, 4) is 0 Å². The zero-order valence-electron chi connectivity index (χ0n) is 10.8. The van der Waals surface area contributed by atoms with Gasteiger partial charge in [-0.25, -0.2) is 0 Å². The molecule has 0 aliphatic heterocycles. The van der Waals surface area contributed by atoms with Gasteiger partial charge in [0.05, 0.1) is 0 Å². The van der Waals surface area contributed by atoms with Gasteiger partial charge < -0.3 is 0 Å². The summed E-state index contributed by atoms with van der Waals surface area (Å²) in [6.45, 7) is 8.99. The second-order valence-corrected chi connectivity index (χ2v) is 6.09. The first-order valence-corrected chi connectivity index (χ1v) is 6.48. The van der Waals surface area contributed by atoms with Gasteiger partial charge in [-0.3, -0.25) is 4.79 Å². The first-order chi connectivity index (χ1) is 6.95. The van der Waals surface area contributed by atoms with E-state index in [0.29, 0.717) is 17.1 Å². The Morgan fingerprint density at radius 3 is 2.33 bits per heavy atom. The Kier molecular flexibility index (Phi) is 4.36. The van der Waals surface area contributed by atoms with E-state index in [0.717, 1.165) is 25.2 Å². The number of hydrogen-bond donors (Lipinski definition) is 0. The van der Waals surface area contributed by atoms with Crippen LogP contribution in [0.5, 0.6) is 0 Å². The molecule has 0 radical (unpaired) electrons. The monoisotopic (exact) mass is 210 g/mol. The second kappa shape index (κ2) is 5.14. The van der Waals surface area contributed by atoms with Crippen LogP contribution in [0.4, 0.5) is 0 Å². The van der Waals surface area contributed by atoms with Crippen LogP contribution in [0.2, 0.25) is 0 Å². The standard InChI is InChI=1S/C14H26O/c1-5-13(15)11-7-6-8-12(10-9-11)14(2,3)4/h11-12H,5-10H2,1-4H3. The van der Waals surface area contributed by atoms with Crippen LogP contribution in [-0.4, -0.2) is 5.78 Å². The van der Waals surface area contributed by atoms with E-state index >= 15 is 0 Å². The molecule has 0 aromatic rings. The van der Waals surface area contributed by atoms with Crippen LogP contribution in [0.3, 0.4) is 0 Å². The summed E-state index contributed by atoms with van der Waals surface area (Å²) in [6.07, 6.45) is 6.81. The molecule has 0 spiro atoms. The molecule has 2 atom stereocenters. The molecule has 0 amide bonds. The van der Waals surface area contributed by atoms with Crippen molar-refractivity contribution in [1.29, 1.82) is 0 Å². The Morgan fingerprint density at radius 1 is 1.13 bits per heavy atom. The topological polar surface area (TPSA) is 17.1 Å². The van der Waals surface area contributed by atoms with Crippen LogP contribution in [-0.2, 0) is 4.79 Å². The van der Waals surface area contributed by atoms with Crippen LogP contribution < -0.4 is 0 Å². The van der Waals surface area contributed by atoms with Crippen LogP contribution in [0.15, 0.2) is 0 Å². The highest BCUT2D eigenvalue weighted by molar-refractivity contribution is 5.80. The molecule has 0 bridgehead atoms. The van der Waals surface area contributed by atoms with E-state index < -0.39 is 0 Å². The molecule has 1 aliphatic carbocycles. The lowest BCUT2D eigenvalue weighted by Gasteiger charge is -2.29. The molecule has 0 heterocycles. The van der Waals surface area contributed by atoms with Gasteiger partial charge in [-0.2, -0.15) is 0 Å². The zero-order valence-corrected chi connectivity index (χ0v) is 10.8. The summed E-state index contributed by atoms with van der Waals surface area (Å²) >= 11 is 0. The molecule has 88 valence electrons. The van der Waals surface area contributed by atoms with Gasteiger partial charge in [-0.05, 0) is 37.0 Å². The summed E-state index contributed by atoms with van der Waals surface area (Å²) in [5.41, 5.74) is 0.421. The SMILES string of the molecule is CCC(=O)C1CCCC(C(C)(C)C)CC1. The summed E-state index contributed by atoms with van der Waals surface area (Å²) in [6, 6.07) is 0. The summed E-state index contributed by atoms with van der Waals surface area (Å²) in [5, 5.41) is 0. The Labute approximate surface area is 94.6 Å². The largest absolute Gasteiger partial charge is 0.299 e. The normalized spacial score (nSPS) is 28.5. The Balaban J connectivity index is 2.52. The van der Waals surface area contributed by atoms with Crippen molar-refractivity contribution < 1.29 is 4.79 Å². The number of rotatable bonds is 2. The third-order valence-corrected chi connectivity index (χ3v) is 4.00. The molecule has 0 N–H and O–H groups in total. The van der Waals surface area contributed by atoms with Gasteiger partial charge in [-0.1, -0.05) is 34.1 Å². The highest BCUT2D eigenvalue weighted by atomic mass is 16.1. The molecule has 1 saturated carbocycles. The maximum Gasteiger partial charge on any atom is 0.135 e. The average Bonchev–Trinajstić information content (AvgIpc) is 2.40. The Morgan fingerprint density at radius 2 is 1.80 bits per heavy atom. The molecule has 1 nitrogen and oxygen atoms in total. The molecule has 1 rings (SSSR count). The van der Waals surface area contributed by atoms with Gasteiger partial charge in [0, 0.05) is 12.3 Å². The summed E-state index contributed by atoms with van der Waals surface area (Å²) in [4.78, 5) is 11.7. The van der Waals surface area contributed by atoms with Crippen molar-refractivity contribution in [2.75, 3.05) is 0 Å². The molecule has 1 fully saturated rings. The molecule has 2 unspecified atom stereocenters. The number of hydrogen-bond acceptors (Lipinski definition) is 1. The molecule has 0 aromatic heterocycles. The summed E-state index contributed by atoms with van der Waals surface area (Å²) < 4.78 is 0. The van der Waals surface area contributed by atoms with Gasteiger partial charge >= 0.3 is 0 Å². The first kappa shape index (κ1) is 12.7. The number of carbonyl (C=O) groups is 1. The first-order valence-electron chi connectivity index (χ1n) is 6.48. The van der Waals surface area contributed by atoms with Crippen LogP contribution >= 0.6 is 0 Å². The predicted molar refractivity (Wildman–Crippen MR) is 64.8 cm³/mol. The number of ketones is 1. The minimum atomic E-state index is 0.377. The van der Waals surface area contributed by atoms with E-state index in [2.05, 4.69) is 20.8 Å². The minimum absolute atomic E-state index is 0.377. The van der Waals surface area contributed by atoms with Crippen molar-refractivity contribution in [1.82, 2.24) is 0 Å². The molecular formula is C14H26O. The van der Waals surface area contributed by atoms with Gasteiger partial charge in [0.1, 0.15) is 5.78 Å². The molecular weight excluding hydrogens is 184 g/mol. The van der Waals surface area contributed by atoms with Crippen molar-refractivity contribution >= 4 is 5.78 Å². The van der Waals surface area contributed by atoms with Gasteiger partial charge in [0.25, 0.3) is 0 Å². The zero-order chi connectivity index (χ0) is 11.5. The Bertz CT molecular complexity index is 212. The van der Waals surface area contributed by atoms with Crippen LogP contribution in [0, 0.1) is 17.3 Å². The van der Waals surface area contributed by atoms with Gasteiger partial charge in [0.2, 0.25) is 0 Å². The lowest BCUT2D eigenvalue weighted by molar-refractivity contribution is -0.122. The molecule has 15 heavy (non-hydrogen) atoms. The lowest BCUT2D eigenvalue weighted by Crippen LogP contribution is -2.20. The molecule has 1 heteroatoms. The Hall–Kier alpha value is -0.330. The summed E-state index contributed by atoms with van der Waals surface area (Å²) in [7, 11) is 0. The minimum Gasteiger partial charge on any atom is -0.299 e.